The fourth-order valence-corrected chi connectivity index (χ4v) is 2.08. The smallest absolute Gasteiger partial charge is 0.251 e. The number of nitrogens with zero attached hydrogens (tertiary/aromatic N) is 1. The maximum atomic E-state index is 12.2. The summed E-state index contributed by atoms with van der Waals surface area (Å²) >= 11 is 0. The fourth-order valence-electron chi connectivity index (χ4n) is 2.08. The molecule has 0 aliphatic heterocycles. The van der Waals surface area contributed by atoms with Crippen LogP contribution in [-0.2, 0) is 0 Å². The molecule has 0 heterocycles. The van der Waals surface area contributed by atoms with Crippen molar-refractivity contribution in [1.29, 1.82) is 0 Å². The highest BCUT2D eigenvalue weighted by Gasteiger charge is 2.11. The summed E-state index contributed by atoms with van der Waals surface area (Å²) in [5.41, 5.74) is 6.85. The Morgan fingerprint density at radius 1 is 1.29 bits per heavy atom. The van der Waals surface area contributed by atoms with Crippen LogP contribution in [0, 0.1) is 11.8 Å². The van der Waals surface area contributed by atoms with Crippen molar-refractivity contribution in [3.8, 4) is 11.8 Å². The maximum Gasteiger partial charge on any atom is 0.251 e. The molecule has 0 aromatic heterocycles. The topological polar surface area (TPSA) is 58.4 Å². The Hall–Kier alpha value is -1.83. The average molecular weight is 287 g/mol. The summed E-state index contributed by atoms with van der Waals surface area (Å²) in [7, 11) is 0. The van der Waals surface area contributed by atoms with Crippen LogP contribution in [0.25, 0.3) is 0 Å². The molecule has 1 aromatic rings. The highest BCUT2D eigenvalue weighted by Crippen LogP contribution is 2.04. The van der Waals surface area contributed by atoms with Crippen molar-refractivity contribution in [2.75, 3.05) is 26.2 Å². The van der Waals surface area contributed by atoms with E-state index in [0.717, 1.165) is 25.2 Å². The number of likely N-dealkylation sites (N-methyl/N-ethyl adjacent to an activating group) is 1. The van der Waals surface area contributed by atoms with E-state index in [1.807, 2.05) is 19.1 Å². The van der Waals surface area contributed by atoms with Gasteiger partial charge in [-0.15, -0.1) is 0 Å². The molecule has 4 heteroatoms. The second-order valence-electron chi connectivity index (χ2n) is 4.94. The van der Waals surface area contributed by atoms with E-state index in [9.17, 15) is 4.79 Å². The first-order valence-electron chi connectivity index (χ1n) is 7.42. The number of carbonyl (C=O) groups is 1. The van der Waals surface area contributed by atoms with Gasteiger partial charge in [0.1, 0.15) is 0 Å². The van der Waals surface area contributed by atoms with E-state index >= 15 is 0 Å². The van der Waals surface area contributed by atoms with Gasteiger partial charge in [-0.1, -0.05) is 25.7 Å². The van der Waals surface area contributed by atoms with Crippen LogP contribution in [0.3, 0.4) is 0 Å². The average Bonchev–Trinajstić information content (AvgIpc) is 2.50. The van der Waals surface area contributed by atoms with Gasteiger partial charge < -0.3 is 16.0 Å². The third kappa shape index (κ3) is 5.99. The lowest BCUT2D eigenvalue weighted by molar-refractivity contribution is 0.0930. The van der Waals surface area contributed by atoms with Gasteiger partial charge in [-0.3, -0.25) is 4.79 Å². The number of nitrogens with two attached hydrogens (primary N) is 1. The Kier molecular flexibility index (Phi) is 7.52. The van der Waals surface area contributed by atoms with Gasteiger partial charge in [-0.2, -0.15) is 0 Å². The van der Waals surface area contributed by atoms with E-state index < -0.39 is 0 Å². The minimum Gasteiger partial charge on any atom is -0.348 e. The summed E-state index contributed by atoms with van der Waals surface area (Å²) < 4.78 is 0. The van der Waals surface area contributed by atoms with Crippen LogP contribution in [0.1, 0.15) is 36.7 Å². The predicted octanol–water partition coefficient (Wildman–Crippen LogP) is 1.46. The number of nitrogens with one attached hydrogen (secondary N) is 1. The molecule has 1 atom stereocenters. The number of hydrogen-bond donors (Lipinski definition) is 2. The Balaban J connectivity index is 2.59. The molecule has 0 saturated heterocycles. The third-order valence-corrected chi connectivity index (χ3v) is 3.29. The lowest BCUT2D eigenvalue weighted by Crippen LogP contribution is -2.41. The fraction of sp³-hybridized carbons (Fsp3) is 0.471. The van der Waals surface area contributed by atoms with Crippen molar-refractivity contribution in [3.05, 3.63) is 35.4 Å². The molecular formula is C17H25N3O. The summed E-state index contributed by atoms with van der Waals surface area (Å²) in [6, 6.07) is 7.38. The molecule has 0 aliphatic rings. The molecule has 3 N–H and O–H groups in total. The standard InChI is InChI=1S/C17H25N3O/c1-4-20(5-2)13-14(3)19-17(21)16-10-8-15(9-11-16)7-6-12-18/h8-11,14H,4-5,12-13,18H2,1-3H3,(H,19,21). The molecule has 1 amide bonds. The summed E-state index contributed by atoms with van der Waals surface area (Å²) in [5.74, 6) is 5.68. The molecule has 0 saturated carbocycles. The van der Waals surface area contributed by atoms with Gasteiger partial charge in [0.15, 0.2) is 0 Å². The molecule has 1 unspecified atom stereocenters. The van der Waals surface area contributed by atoms with E-state index in [1.165, 1.54) is 0 Å². The number of rotatable bonds is 6. The second kappa shape index (κ2) is 9.17. The normalized spacial score (nSPS) is 11.7. The van der Waals surface area contributed by atoms with Crippen LogP contribution in [0.15, 0.2) is 24.3 Å². The van der Waals surface area contributed by atoms with Gasteiger partial charge in [0.2, 0.25) is 0 Å². The van der Waals surface area contributed by atoms with Crippen molar-refractivity contribution >= 4 is 5.91 Å². The monoisotopic (exact) mass is 287 g/mol. The number of hydrogen-bond acceptors (Lipinski definition) is 3. The molecule has 0 bridgehead atoms. The molecule has 1 rings (SSSR count). The third-order valence-electron chi connectivity index (χ3n) is 3.29. The van der Waals surface area contributed by atoms with Gasteiger partial charge in [-0.05, 0) is 44.3 Å². The van der Waals surface area contributed by atoms with E-state index in [0.29, 0.717) is 12.1 Å². The van der Waals surface area contributed by atoms with E-state index in [2.05, 4.69) is 35.9 Å². The van der Waals surface area contributed by atoms with Crippen molar-refractivity contribution in [1.82, 2.24) is 10.2 Å². The Morgan fingerprint density at radius 2 is 1.90 bits per heavy atom. The van der Waals surface area contributed by atoms with Crippen molar-refractivity contribution < 1.29 is 4.79 Å². The Labute approximate surface area is 127 Å². The molecule has 0 fully saturated rings. The number of carbonyl (C=O) groups excluding carboxylic acids is 1. The van der Waals surface area contributed by atoms with Gasteiger partial charge in [0.05, 0.1) is 6.54 Å². The van der Waals surface area contributed by atoms with Crippen LogP contribution in [-0.4, -0.2) is 43.0 Å². The predicted molar refractivity (Wildman–Crippen MR) is 87.1 cm³/mol. The molecular weight excluding hydrogens is 262 g/mol. The summed E-state index contributed by atoms with van der Waals surface area (Å²) in [5, 5.41) is 3.02. The SMILES string of the molecule is CCN(CC)CC(C)NC(=O)c1ccc(C#CCN)cc1. The summed E-state index contributed by atoms with van der Waals surface area (Å²) in [6.07, 6.45) is 0. The first-order chi connectivity index (χ1) is 10.1. The van der Waals surface area contributed by atoms with Gasteiger partial charge in [0, 0.05) is 23.7 Å². The van der Waals surface area contributed by atoms with Gasteiger partial charge in [-0.25, -0.2) is 0 Å². The molecule has 4 nitrogen and oxygen atoms in total. The van der Waals surface area contributed by atoms with Crippen molar-refractivity contribution in [3.63, 3.8) is 0 Å². The van der Waals surface area contributed by atoms with Crippen molar-refractivity contribution in [2.24, 2.45) is 5.73 Å². The van der Waals surface area contributed by atoms with Crippen LogP contribution in [0.2, 0.25) is 0 Å². The zero-order valence-electron chi connectivity index (χ0n) is 13.1. The number of amides is 1. The van der Waals surface area contributed by atoms with Crippen LogP contribution < -0.4 is 11.1 Å². The molecule has 1 aromatic carbocycles. The second-order valence-corrected chi connectivity index (χ2v) is 4.94. The highest BCUT2D eigenvalue weighted by atomic mass is 16.1. The van der Waals surface area contributed by atoms with E-state index in [4.69, 9.17) is 5.73 Å². The zero-order valence-corrected chi connectivity index (χ0v) is 13.1. The van der Waals surface area contributed by atoms with Crippen LogP contribution >= 0.6 is 0 Å². The van der Waals surface area contributed by atoms with Crippen molar-refractivity contribution in [2.45, 2.75) is 26.8 Å². The van der Waals surface area contributed by atoms with Gasteiger partial charge >= 0.3 is 0 Å². The van der Waals surface area contributed by atoms with Gasteiger partial charge in [0.25, 0.3) is 5.91 Å². The van der Waals surface area contributed by atoms with E-state index in [1.54, 1.807) is 12.1 Å². The molecule has 21 heavy (non-hydrogen) atoms. The minimum absolute atomic E-state index is 0.0482. The lowest BCUT2D eigenvalue weighted by Gasteiger charge is -2.23. The molecule has 0 aliphatic carbocycles. The maximum absolute atomic E-state index is 12.2. The summed E-state index contributed by atoms with van der Waals surface area (Å²) in [6.45, 7) is 9.45. The lowest BCUT2D eigenvalue weighted by atomic mass is 10.1. The largest absolute Gasteiger partial charge is 0.348 e. The minimum atomic E-state index is -0.0482. The molecule has 0 radical (unpaired) electrons. The zero-order chi connectivity index (χ0) is 15.7. The first-order valence-corrected chi connectivity index (χ1v) is 7.42. The summed E-state index contributed by atoms with van der Waals surface area (Å²) in [4.78, 5) is 14.4. The van der Waals surface area contributed by atoms with Crippen LogP contribution in [0.5, 0.6) is 0 Å². The molecule has 0 spiro atoms. The first kappa shape index (κ1) is 17.2. The highest BCUT2D eigenvalue weighted by molar-refractivity contribution is 5.94. The Bertz CT molecular complexity index is 495. The quantitative estimate of drug-likeness (QED) is 0.779. The Morgan fingerprint density at radius 3 is 2.43 bits per heavy atom. The number of benzene rings is 1. The van der Waals surface area contributed by atoms with Crippen LogP contribution in [0.4, 0.5) is 0 Å². The van der Waals surface area contributed by atoms with E-state index in [-0.39, 0.29) is 11.9 Å². The molecule has 114 valence electrons.